The van der Waals surface area contributed by atoms with Crippen molar-refractivity contribution in [2.75, 3.05) is 41.5 Å². The number of carbonyl (C=O) groups is 4. The van der Waals surface area contributed by atoms with Crippen LogP contribution >= 0.6 is 0 Å². The number of hydrogen-bond donors (Lipinski definition) is 3. The summed E-state index contributed by atoms with van der Waals surface area (Å²) in [7, 11) is 5.55. The number of aliphatic hydroxyl groups excluding tert-OH is 1. The standard InChI is InChI=1S/2C13H17NO6/c1-14-12(16)20-11-9-7(3-4-13(9)6-19-13)8(5-18-11)10(15)17-2;1-14-13(17)20-12-10-7(5-15)3-4-8(10)9(6-19-12)11(16)18-2/h5,7,9,11H,3-4,6H2,1-2H3,(H,14,16);3,6,8,10,12,15H,4-5H2,1-2H3,(H,14,17). The Morgan fingerprint density at radius 1 is 0.950 bits per heavy atom. The normalized spacial score (nSPS) is 32.6. The van der Waals surface area contributed by atoms with Gasteiger partial charge in [-0.05, 0) is 24.8 Å². The predicted molar refractivity (Wildman–Crippen MR) is 133 cm³/mol. The second kappa shape index (κ2) is 12.2. The molecule has 1 spiro atoms. The van der Waals surface area contributed by atoms with Gasteiger partial charge in [0.05, 0.1) is 62.9 Å². The number of ether oxygens (including phenoxy) is 7. The molecule has 2 aliphatic carbocycles. The Morgan fingerprint density at radius 2 is 1.50 bits per heavy atom. The average molecular weight is 567 g/mol. The molecule has 0 aromatic carbocycles. The summed E-state index contributed by atoms with van der Waals surface area (Å²) in [6.07, 6.45) is 3.85. The van der Waals surface area contributed by atoms with E-state index in [1.54, 1.807) is 0 Å². The molecule has 0 aromatic heterocycles. The number of hydrogen-bond acceptors (Lipinski definition) is 12. The lowest BCUT2D eigenvalue weighted by atomic mass is 9.83. The van der Waals surface area contributed by atoms with Gasteiger partial charge in [0.15, 0.2) is 0 Å². The molecule has 220 valence electrons. The SMILES string of the molecule is CNC(=O)OC1OC=C(C(=O)OC)C2CC=C(CO)C12.CNC(=O)OC1OC=C(C(=O)OC)C2CCC3(CO3)C12. The fourth-order valence-electron chi connectivity index (χ4n) is 5.79. The molecule has 3 heterocycles. The van der Waals surface area contributed by atoms with Crippen molar-refractivity contribution in [1.29, 1.82) is 0 Å². The van der Waals surface area contributed by atoms with Gasteiger partial charge in [-0.25, -0.2) is 19.2 Å². The van der Waals surface area contributed by atoms with E-state index >= 15 is 0 Å². The van der Waals surface area contributed by atoms with Gasteiger partial charge in [0.25, 0.3) is 12.6 Å². The average Bonchev–Trinajstić information content (AvgIpc) is 3.46. The maximum absolute atomic E-state index is 11.8. The minimum absolute atomic E-state index is 0.0617. The lowest BCUT2D eigenvalue weighted by molar-refractivity contribution is -0.146. The topological polar surface area (TPSA) is 180 Å². The lowest BCUT2D eigenvalue weighted by Gasteiger charge is -2.34. The fourth-order valence-corrected chi connectivity index (χ4v) is 5.79. The van der Waals surface area contributed by atoms with Crippen LogP contribution < -0.4 is 10.6 Å². The Labute approximate surface area is 230 Å². The number of fused-ring (bicyclic) bond motifs is 3. The number of alkyl carbamates (subject to hydrolysis) is 2. The molecule has 0 bridgehead atoms. The van der Waals surface area contributed by atoms with Crippen LogP contribution in [0, 0.1) is 23.7 Å². The molecule has 14 nitrogen and oxygen atoms in total. The van der Waals surface area contributed by atoms with E-state index in [4.69, 9.17) is 33.2 Å². The smallest absolute Gasteiger partial charge is 0.409 e. The molecule has 7 atom stereocenters. The molecular weight excluding hydrogens is 532 g/mol. The van der Waals surface area contributed by atoms with Crippen molar-refractivity contribution in [1.82, 2.24) is 10.6 Å². The van der Waals surface area contributed by atoms with Gasteiger partial charge >= 0.3 is 24.1 Å². The summed E-state index contributed by atoms with van der Waals surface area (Å²) in [6, 6.07) is 0. The lowest BCUT2D eigenvalue weighted by Crippen LogP contribution is -2.43. The highest BCUT2D eigenvalue weighted by Crippen LogP contribution is 2.56. The molecule has 5 rings (SSSR count). The number of nitrogens with one attached hydrogen (secondary N) is 2. The van der Waals surface area contributed by atoms with Crippen LogP contribution in [-0.4, -0.2) is 88.9 Å². The predicted octanol–water partition coefficient (Wildman–Crippen LogP) is 0.861. The summed E-state index contributed by atoms with van der Waals surface area (Å²) < 4.78 is 36.2. The van der Waals surface area contributed by atoms with E-state index in [-0.39, 0.29) is 35.9 Å². The molecule has 0 radical (unpaired) electrons. The summed E-state index contributed by atoms with van der Waals surface area (Å²) in [5.41, 5.74) is 1.24. The zero-order valence-electron chi connectivity index (χ0n) is 22.7. The van der Waals surface area contributed by atoms with Crippen LogP contribution in [0.25, 0.3) is 0 Å². The largest absolute Gasteiger partial charge is 0.466 e. The highest BCUT2D eigenvalue weighted by Gasteiger charge is 2.65. The highest BCUT2D eigenvalue weighted by atomic mass is 16.7. The molecule has 3 N–H and O–H groups in total. The van der Waals surface area contributed by atoms with E-state index in [1.807, 2.05) is 6.08 Å². The molecule has 40 heavy (non-hydrogen) atoms. The molecule has 5 aliphatic rings. The van der Waals surface area contributed by atoms with E-state index in [0.29, 0.717) is 29.7 Å². The number of allylic oxidation sites excluding steroid dienone is 1. The molecule has 2 fully saturated rings. The number of epoxide rings is 1. The third-order valence-electron chi connectivity index (χ3n) is 7.85. The van der Waals surface area contributed by atoms with Gasteiger partial charge in [0, 0.05) is 25.9 Å². The van der Waals surface area contributed by atoms with Crippen molar-refractivity contribution in [3.63, 3.8) is 0 Å². The minimum Gasteiger partial charge on any atom is -0.466 e. The van der Waals surface area contributed by atoms with Gasteiger partial charge in [0.1, 0.15) is 5.60 Å². The van der Waals surface area contributed by atoms with Crippen molar-refractivity contribution in [3.8, 4) is 0 Å². The summed E-state index contributed by atoms with van der Waals surface area (Å²) in [5.74, 6) is -1.71. The van der Waals surface area contributed by atoms with Crippen molar-refractivity contribution in [2.24, 2.45) is 23.7 Å². The number of esters is 2. The Morgan fingerprint density at radius 3 is 2.02 bits per heavy atom. The Kier molecular flexibility index (Phi) is 8.88. The van der Waals surface area contributed by atoms with Crippen LogP contribution in [0.15, 0.2) is 35.3 Å². The van der Waals surface area contributed by atoms with Gasteiger partial charge in [-0.2, -0.15) is 0 Å². The van der Waals surface area contributed by atoms with Crippen LogP contribution in [0.4, 0.5) is 9.59 Å². The van der Waals surface area contributed by atoms with E-state index < -0.39 is 36.7 Å². The fraction of sp³-hybridized carbons (Fsp3) is 0.615. The first-order valence-corrected chi connectivity index (χ1v) is 12.8. The van der Waals surface area contributed by atoms with Gasteiger partial charge in [-0.15, -0.1) is 0 Å². The first kappa shape index (κ1) is 29.2. The van der Waals surface area contributed by atoms with E-state index in [9.17, 15) is 24.3 Å². The van der Waals surface area contributed by atoms with E-state index in [0.717, 1.165) is 12.8 Å². The minimum atomic E-state index is -0.866. The Balaban J connectivity index is 0.000000185. The van der Waals surface area contributed by atoms with Crippen LogP contribution in [0.5, 0.6) is 0 Å². The number of aliphatic hydroxyl groups is 1. The molecule has 2 amide bonds. The molecule has 1 saturated carbocycles. The van der Waals surface area contributed by atoms with Crippen LogP contribution in [0.2, 0.25) is 0 Å². The van der Waals surface area contributed by atoms with Crippen molar-refractivity contribution < 1.29 is 57.4 Å². The quantitative estimate of drug-likeness (QED) is 0.185. The molecule has 0 aromatic rings. The molecule has 1 saturated heterocycles. The van der Waals surface area contributed by atoms with Crippen molar-refractivity contribution in [3.05, 3.63) is 35.3 Å². The van der Waals surface area contributed by atoms with Crippen LogP contribution in [-0.2, 0) is 42.7 Å². The monoisotopic (exact) mass is 566 g/mol. The van der Waals surface area contributed by atoms with Crippen LogP contribution in [0.3, 0.4) is 0 Å². The maximum Gasteiger partial charge on any atom is 0.409 e. The Hall–Kier alpha value is -3.78. The summed E-state index contributed by atoms with van der Waals surface area (Å²) >= 11 is 0. The van der Waals surface area contributed by atoms with Crippen molar-refractivity contribution >= 4 is 24.1 Å². The number of carbonyl (C=O) groups excluding carboxylic acids is 4. The van der Waals surface area contributed by atoms with E-state index in [2.05, 4.69) is 10.6 Å². The Bertz CT molecular complexity index is 1110. The van der Waals surface area contributed by atoms with Crippen LogP contribution in [0.1, 0.15) is 19.3 Å². The highest BCUT2D eigenvalue weighted by molar-refractivity contribution is 5.89. The van der Waals surface area contributed by atoms with Gasteiger partial charge in [-0.3, -0.25) is 0 Å². The van der Waals surface area contributed by atoms with Gasteiger partial charge < -0.3 is 48.9 Å². The first-order valence-electron chi connectivity index (χ1n) is 12.8. The second-order valence-electron chi connectivity index (χ2n) is 9.78. The van der Waals surface area contributed by atoms with Crippen molar-refractivity contribution in [2.45, 2.75) is 37.4 Å². The number of rotatable bonds is 5. The first-order chi connectivity index (χ1) is 19.2. The second-order valence-corrected chi connectivity index (χ2v) is 9.78. The molecule has 14 heteroatoms. The molecule has 3 aliphatic heterocycles. The summed E-state index contributed by atoms with van der Waals surface area (Å²) in [5, 5.41) is 14.1. The van der Waals surface area contributed by atoms with E-state index in [1.165, 1.54) is 40.8 Å². The summed E-state index contributed by atoms with van der Waals surface area (Å²) in [6.45, 7) is 0.437. The van der Waals surface area contributed by atoms with Gasteiger partial charge in [0.2, 0.25) is 0 Å². The zero-order valence-corrected chi connectivity index (χ0v) is 22.7. The zero-order chi connectivity index (χ0) is 29.0. The molecule has 7 unspecified atom stereocenters. The summed E-state index contributed by atoms with van der Waals surface area (Å²) in [4.78, 5) is 46.2. The number of methoxy groups -OCH3 is 2. The molecular formula is C26H34N2O12. The van der Waals surface area contributed by atoms with Gasteiger partial charge in [-0.1, -0.05) is 6.08 Å². The number of amides is 2. The third-order valence-corrected chi connectivity index (χ3v) is 7.85. The third kappa shape index (κ3) is 5.59. The maximum atomic E-state index is 11.8.